The van der Waals surface area contributed by atoms with Gasteiger partial charge in [-0.15, -0.1) is 0 Å². The second-order valence-electron chi connectivity index (χ2n) is 7.05. The first-order valence-corrected chi connectivity index (χ1v) is 10.3. The molecule has 160 valence electrons. The van der Waals surface area contributed by atoms with Crippen molar-refractivity contribution in [3.63, 3.8) is 0 Å². The third-order valence-corrected chi connectivity index (χ3v) is 5.14. The number of nitrogens with one attached hydrogen (secondary N) is 1. The number of para-hydroxylation sites is 1. The number of carbonyl (C=O) groups excluding carboxylic acids is 2. The van der Waals surface area contributed by atoms with Gasteiger partial charge in [0.2, 0.25) is 0 Å². The van der Waals surface area contributed by atoms with Crippen LogP contribution in [0, 0.1) is 0 Å². The van der Waals surface area contributed by atoms with Crippen molar-refractivity contribution in [2.75, 3.05) is 53.0 Å². The minimum Gasteiger partial charge on any atom is -0.497 e. The maximum atomic E-state index is 12.9. The molecule has 0 spiro atoms. The number of benzene rings is 2. The lowest BCUT2D eigenvalue weighted by Crippen LogP contribution is -2.50. The third-order valence-electron chi connectivity index (χ3n) is 5.14. The Hall–Kier alpha value is -3.06. The van der Waals surface area contributed by atoms with Gasteiger partial charge in [-0.05, 0) is 43.3 Å². The smallest absolute Gasteiger partial charge is 0.257 e. The van der Waals surface area contributed by atoms with Gasteiger partial charge in [0.05, 0.1) is 19.3 Å². The van der Waals surface area contributed by atoms with E-state index in [9.17, 15) is 9.59 Å². The molecular weight excluding hydrogens is 382 g/mol. The molecule has 0 radical (unpaired) electrons. The van der Waals surface area contributed by atoms with Gasteiger partial charge in [0, 0.05) is 44.8 Å². The number of piperazine rings is 1. The standard InChI is InChI=1S/C23H29N3O4/c1-3-30-21-7-5-4-6-20(21)23(28)26-16-14-25(15-17-26)13-12-24-22(27)18-8-10-19(29-2)11-9-18/h4-11H,3,12-17H2,1-2H3,(H,24,27). The summed E-state index contributed by atoms with van der Waals surface area (Å²) in [4.78, 5) is 29.2. The van der Waals surface area contributed by atoms with E-state index < -0.39 is 0 Å². The molecule has 0 aromatic heterocycles. The van der Waals surface area contributed by atoms with Gasteiger partial charge in [-0.1, -0.05) is 12.1 Å². The summed E-state index contributed by atoms with van der Waals surface area (Å²) < 4.78 is 10.7. The first kappa shape index (κ1) is 21.6. The van der Waals surface area contributed by atoms with Crippen LogP contribution in [0.1, 0.15) is 27.6 Å². The highest BCUT2D eigenvalue weighted by Crippen LogP contribution is 2.20. The molecule has 2 amide bonds. The van der Waals surface area contributed by atoms with Crippen LogP contribution in [0.4, 0.5) is 0 Å². The Morgan fingerprint density at radius 2 is 1.70 bits per heavy atom. The van der Waals surface area contributed by atoms with Crippen LogP contribution in [0.2, 0.25) is 0 Å². The fraction of sp³-hybridized carbons (Fsp3) is 0.391. The van der Waals surface area contributed by atoms with Crippen LogP contribution in [0.5, 0.6) is 11.5 Å². The second-order valence-corrected chi connectivity index (χ2v) is 7.05. The van der Waals surface area contributed by atoms with Crippen LogP contribution in [0.15, 0.2) is 48.5 Å². The first-order valence-electron chi connectivity index (χ1n) is 10.3. The highest BCUT2D eigenvalue weighted by atomic mass is 16.5. The van der Waals surface area contributed by atoms with Crippen molar-refractivity contribution in [2.45, 2.75) is 6.92 Å². The lowest BCUT2D eigenvalue weighted by atomic mass is 10.1. The van der Waals surface area contributed by atoms with E-state index >= 15 is 0 Å². The molecule has 1 fully saturated rings. The molecule has 0 atom stereocenters. The van der Waals surface area contributed by atoms with Gasteiger partial charge in [0.25, 0.3) is 11.8 Å². The number of carbonyl (C=O) groups is 2. The fourth-order valence-corrected chi connectivity index (χ4v) is 3.44. The predicted octanol–water partition coefficient (Wildman–Crippen LogP) is 2.28. The Balaban J connectivity index is 1.43. The Morgan fingerprint density at radius 1 is 1.00 bits per heavy atom. The molecule has 0 aliphatic carbocycles. The Kier molecular flexibility index (Phi) is 7.68. The van der Waals surface area contributed by atoms with E-state index in [1.807, 2.05) is 36.1 Å². The highest BCUT2D eigenvalue weighted by Gasteiger charge is 2.24. The van der Waals surface area contributed by atoms with Gasteiger partial charge in [0.1, 0.15) is 11.5 Å². The zero-order chi connectivity index (χ0) is 21.3. The van der Waals surface area contributed by atoms with Crippen molar-refractivity contribution in [2.24, 2.45) is 0 Å². The summed E-state index contributed by atoms with van der Waals surface area (Å²) in [5, 5.41) is 2.95. The molecule has 1 aliphatic rings. The van der Waals surface area contributed by atoms with Crippen LogP contribution in [-0.4, -0.2) is 74.6 Å². The highest BCUT2D eigenvalue weighted by molar-refractivity contribution is 5.97. The molecule has 7 heteroatoms. The molecule has 1 aliphatic heterocycles. The van der Waals surface area contributed by atoms with Crippen LogP contribution < -0.4 is 14.8 Å². The van der Waals surface area contributed by atoms with Gasteiger partial charge < -0.3 is 19.7 Å². The van der Waals surface area contributed by atoms with E-state index in [0.717, 1.165) is 25.4 Å². The van der Waals surface area contributed by atoms with E-state index in [1.165, 1.54) is 0 Å². The van der Waals surface area contributed by atoms with E-state index in [0.29, 0.717) is 43.1 Å². The van der Waals surface area contributed by atoms with Crippen molar-refractivity contribution in [3.05, 3.63) is 59.7 Å². The van der Waals surface area contributed by atoms with Crippen LogP contribution in [-0.2, 0) is 0 Å². The van der Waals surface area contributed by atoms with Gasteiger partial charge >= 0.3 is 0 Å². The summed E-state index contributed by atoms with van der Waals surface area (Å²) in [5.74, 6) is 1.27. The van der Waals surface area contributed by atoms with Gasteiger partial charge in [-0.25, -0.2) is 0 Å². The second kappa shape index (κ2) is 10.6. The molecule has 2 aromatic carbocycles. The molecule has 2 aromatic rings. The van der Waals surface area contributed by atoms with Crippen LogP contribution in [0.3, 0.4) is 0 Å². The zero-order valence-electron chi connectivity index (χ0n) is 17.6. The minimum absolute atomic E-state index is 0.00603. The normalized spacial score (nSPS) is 14.3. The van der Waals surface area contributed by atoms with Gasteiger partial charge in [-0.2, -0.15) is 0 Å². The molecule has 1 heterocycles. The number of nitrogens with zero attached hydrogens (tertiary/aromatic N) is 2. The monoisotopic (exact) mass is 411 g/mol. The summed E-state index contributed by atoms with van der Waals surface area (Å²) in [5.41, 5.74) is 1.22. The minimum atomic E-state index is -0.0982. The summed E-state index contributed by atoms with van der Waals surface area (Å²) >= 11 is 0. The predicted molar refractivity (Wildman–Crippen MR) is 115 cm³/mol. The maximum absolute atomic E-state index is 12.9. The largest absolute Gasteiger partial charge is 0.497 e. The SMILES string of the molecule is CCOc1ccccc1C(=O)N1CCN(CCNC(=O)c2ccc(OC)cc2)CC1. The lowest BCUT2D eigenvalue weighted by Gasteiger charge is -2.35. The van der Waals surface area contributed by atoms with Gasteiger partial charge in [-0.3, -0.25) is 14.5 Å². The summed E-state index contributed by atoms with van der Waals surface area (Å²) in [6.07, 6.45) is 0. The Morgan fingerprint density at radius 3 is 2.37 bits per heavy atom. The molecule has 7 nitrogen and oxygen atoms in total. The number of hydrogen-bond acceptors (Lipinski definition) is 5. The number of rotatable bonds is 8. The number of hydrogen-bond donors (Lipinski definition) is 1. The van der Waals surface area contributed by atoms with E-state index in [1.54, 1.807) is 31.4 Å². The van der Waals surface area contributed by atoms with Crippen molar-refractivity contribution >= 4 is 11.8 Å². The summed E-state index contributed by atoms with van der Waals surface area (Å²) in [6, 6.07) is 14.4. The Bertz CT molecular complexity index is 846. The Labute approximate surface area is 177 Å². The lowest BCUT2D eigenvalue weighted by molar-refractivity contribution is 0.0634. The first-order chi connectivity index (χ1) is 14.6. The topological polar surface area (TPSA) is 71.1 Å². The molecule has 0 bridgehead atoms. The summed E-state index contributed by atoms with van der Waals surface area (Å²) in [7, 11) is 1.60. The molecule has 0 unspecified atom stereocenters. The van der Waals surface area contributed by atoms with E-state index in [2.05, 4.69) is 10.2 Å². The van der Waals surface area contributed by atoms with Crippen LogP contribution in [0.25, 0.3) is 0 Å². The quantitative estimate of drug-likeness (QED) is 0.722. The average Bonchev–Trinajstić information content (AvgIpc) is 2.79. The molecule has 1 N–H and O–H groups in total. The van der Waals surface area contributed by atoms with Crippen LogP contribution >= 0.6 is 0 Å². The van der Waals surface area contributed by atoms with Gasteiger partial charge in [0.15, 0.2) is 0 Å². The summed E-state index contributed by atoms with van der Waals surface area (Å²) in [6.45, 7) is 6.62. The third kappa shape index (κ3) is 5.51. The number of methoxy groups -OCH3 is 1. The van der Waals surface area contributed by atoms with Crippen molar-refractivity contribution < 1.29 is 19.1 Å². The number of ether oxygens (including phenoxy) is 2. The molecule has 3 rings (SSSR count). The number of amides is 2. The molecule has 1 saturated heterocycles. The van der Waals surface area contributed by atoms with Crippen molar-refractivity contribution in [3.8, 4) is 11.5 Å². The van der Waals surface area contributed by atoms with E-state index in [4.69, 9.17) is 9.47 Å². The maximum Gasteiger partial charge on any atom is 0.257 e. The fourth-order valence-electron chi connectivity index (χ4n) is 3.44. The zero-order valence-corrected chi connectivity index (χ0v) is 17.6. The average molecular weight is 412 g/mol. The van der Waals surface area contributed by atoms with Crippen molar-refractivity contribution in [1.29, 1.82) is 0 Å². The molecule has 0 saturated carbocycles. The molecular formula is C23H29N3O4. The van der Waals surface area contributed by atoms with E-state index in [-0.39, 0.29) is 11.8 Å². The van der Waals surface area contributed by atoms with Crippen molar-refractivity contribution in [1.82, 2.24) is 15.1 Å². The molecule has 30 heavy (non-hydrogen) atoms.